The van der Waals surface area contributed by atoms with E-state index in [0.717, 1.165) is 29.1 Å². The van der Waals surface area contributed by atoms with Crippen molar-refractivity contribution in [2.75, 3.05) is 6.61 Å². The van der Waals surface area contributed by atoms with Gasteiger partial charge in [0.15, 0.2) is 0 Å². The van der Waals surface area contributed by atoms with Gasteiger partial charge in [0.25, 0.3) is 0 Å². The molecule has 108 valence electrons. The molecule has 0 bridgehead atoms. The molecule has 2 aromatic rings. The first-order valence-electron chi connectivity index (χ1n) is 7.11. The van der Waals surface area contributed by atoms with Gasteiger partial charge in [0.1, 0.15) is 0 Å². The van der Waals surface area contributed by atoms with Crippen LogP contribution in [0.2, 0.25) is 0 Å². The Bertz CT molecular complexity index is 512. The van der Waals surface area contributed by atoms with Crippen molar-refractivity contribution >= 4 is 11.3 Å². The fourth-order valence-electron chi connectivity index (χ4n) is 2.24. The molecule has 1 heterocycles. The molecule has 2 rings (SSSR count). The number of ether oxygens (including phenoxy) is 1. The molecule has 2 N–H and O–H groups in total. The third-order valence-electron chi connectivity index (χ3n) is 3.29. The highest BCUT2D eigenvalue weighted by atomic mass is 32.1. The average Bonchev–Trinajstić information content (AvgIpc) is 2.94. The van der Waals surface area contributed by atoms with Crippen LogP contribution >= 0.6 is 11.3 Å². The molecule has 2 atom stereocenters. The van der Waals surface area contributed by atoms with E-state index in [1.54, 1.807) is 11.3 Å². The van der Waals surface area contributed by atoms with Gasteiger partial charge in [0.2, 0.25) is 0 Å². The molecule has 1 aromatic carbocycles. The highest BCUT2D eigenvalue weighted by molar-refractivity contribution is 7.09. The number of benzene rings is 1. The third kappa shape index (κ3) is 3.88. The molecule has 0 fully saturated rings. The molecule has 3 nitrogen and oxygen atoms in total. The van der Waals surface area contributed by atoms with Crippen LogP contribution in [0.15, 0.2) is 35.7 Å². The minimum atomic E-state index is 0.00900. The highest BCUT2D eigenvalue weighted by Gasteiger charge is 2.18. The van der Waals surface area contributed by atoms with E-state index in [-0.39, 0.29) is 12.1 Å². The lowest BCUT2D eigenvalue weighted by Gasteiger charge is -2.21. The van der Waals surface area contributed by atoms with Gasteiger partial charge < -0.3 is 10.5 Å². The van der Waals surface area contributed by atoms with E-state index >= 15 is 0 Å². The van der Waals surface area contributed by atoms with Crippen LogP contribution in [0.1, 0.15) is 25.3 Å². The largest absolute Gasteiger partial charge is 0.377 e. The number of hydrogen-bond donors (Lipinski definition) is 1. The summed E-state index contributed by atoms with van der Waals surface area (Å²) in [6.07, 6.45) is 1.83. The number of aromatic nitrogens is 1. The standard InChI is InChI=1S/C16H22N2OS/c1-3-15(19-4-2)13(17)10-16-18-14(11-20-16)12-8-6-5-7-9-12/h5-9,11,13,15H,3-4,10,17H2,1-2H3. The Morgan fingerprint density at radius 3 is 2.65 bits per heavy atom. The van der Waals surface area contributed by atoms with Crippen LogP contribution < -0.4 is 5.73 Å². The monoisotopic (exact) mass is 290 g/mol. The van der Waals surface area contributed by atoms with E-state index in [1.807, 2.05) is 25.1 Å². The van der Waals surface area contributed by atoms with Gasteiger partial charge in [0, 0.05) is 30.0 Å². The molecule has 0 saturated carbocycles. The van der Waals surface area contributed by atoms with Crippen molar-refractivity contribution in [1.82, 2.24) is 4.98 Å². The van der Waals surface area contributed by atoms with Crippen LogP contribution in [0.3, 0.4) is 0 Å². The smallest absolute Gasteiger partial charge is 0.0949 e. The number of rotatable bonds is 7. The molecule has 0 spiro atoms. The van der Waals surface area contributed by atoms with Crippen LogP contribution in [0.5, 0.6) is 0 Å². The second-order valence-corrected chi connectivity index (χ2v) is 5.71. The summed E-state index contributed by atoms with van der Waals surface area (Å²) in [5, 5.41) is 3.17. The van der Waals surface area contributed by atoms with Crippen LogP contribution in [0, 0.1) is 0 Å². The van der Waals surface area contributed by atoms with Crippen molar-refractivity contribution in [3.05, 3.63) is 40.7 Å². The number of nitrogens with two attached hydrogens (primary N) is 1. The molecule has 4 heteroatoms. The fourth-order valence-corrected chi connectivity index (χ4v) is 3.11. The normalized spacial score (nSPS) is 14.2. The summed E-state index contributed by atoms with van der Waals surface area (Å²) in [6.45, 7) is 4.82. The lowest BCUT2D eigenvalue weighted by Crippen LogP contribution is -2.38. The molecule has 0 radical (unpaired) electrons. The molecule has 0 aliphatic rings. The molecule has 0 amide bonds. The van der Waals surface area contributed by atoms with Crippen molar-refractivity contribution in [3.63, 3.8) is 0 Å². The number of hydrogen-bond acceptors (Lipinski definition) is 4. The molecule has 20 heavy (non-hydrogen) atoms. The summed E-state index contributed by atoms with van der Waals surface area (Å²) in [5.74, 6) is 0. The lowest BCUT2D eigenvalue weighted by atomic mass is 10.1. The van der Waals surface area contributed by atoms with Gasteiger partial charge in [-0.15, -0.1) is 11.3 Å². The second-order valence-electron chi connectivity index (χ2n) is 4.76. The van der Waals surface area contributed by atoms with Gasteiger partial charge in [0.05, 0.1) is 16.8 Å². The molecular weight excluding hydrogens is 268 g/mol. The summed E-state index contributed by atoms with van der Waals surface area (Å²) in [6, 6.07) is 10.2. The van der Waals surface area contributed by atoms with Crippen LogP contribution in [0.4, 0.5) is 0 Å². The van der Waals surface area contributed by atoms with Crippen molar-refractivity contribution in [3.8, 4) is 11.3 Å². The second kappa shape index (κ2) is 7.53. The van der Waals surface area contributed by atoms with E-state index in [2.05, 4.69) is 29.4 Å². The maximum absolute atomic E-state index is 6.24. The summed E-state index contributed by atoms with van der Waals surface area (Å²) in [4.78, 5) is 4.68. The molecule has 2 unspecified atom stereocenters. The molecule has 0 aliphatic heterocycles. The first kappa shape index (κ1) is 15.2. The van der Waals surface area contributed by atoms with Gasteiger partial charge in [-0.3, -0.25) is 0 Å². The van der Waals surface area contributed by atoms with Crippen molar-refractivity contribution in [2.24, 2.45) is 5.73 Å². The zero-order chi connectivity index (χ0) is 14.4. The maximum Gasteiger partial charge on any atom is 0.0949 e. The predicted octanol–water partition coefficient (Wildman–Crippen LogP) is 3.50. The first-order valence-corrected chi connectivity index (χ1v) is 7.99. The number of thiazole rings is 1. The Labute approximate surface area is 124 Å². The van der Waals surface area contributed by atoms with E-state index in [4.69, 9.17) is 10.5 Å². The summed E-state index contributed by atoms with van der Waals surface area (Å²) < 4.78 is 5.67. The summed E-state index contributed by atoms with van der Waals surface area (Å²) in [7, 11) is 0. The molecule has 1 aromatic heterocycles. The summed E-state index contributed by atoms with van der Waals surface area (Å²) in [5.41, 5.74) is 8.42. The minimum Gasteiger partial charge on any atom is -0.377 e. The molecule has 0 aliphatic carbocycles. The fraction of sp³-hybridized carbons (Fsp3) is 0.438. The predicted molar refractivity (Wildman–Crippen MR) is 84.9 cm³/mol. The Kier molecular flexibility index (Phi) is 5.71. The van der Waals surface area contributed by atoms with E-state index < -0.39 is 0 Å². The lowest BCUT2D eigenvalue weighted by molar-refractivity contribution is 0.0417. The van der Waals surface area contributed by atoms with E-state index in [9.17, 15) is 0 Å². The topological polar surface area (TPSA) is 48.1 Å². The average molecular weight is 290 g/mol. The summed E-state index contributed by atoms with van der Waals surface area (Å²) >= 11 is 1.67. The highest BCUT2D eigenvalue weighted by Crippen LogP contribution is 2.22. The van der Waals surface area contributed by atoms with Crippen molar-refractivity contribution in [1.29, 1.82) is 0 Å². The van der Waals surface area contributed by atoms with Crippen molar-refractivity contribution < 1.29 is 4.74 Å². The SMILES string of the molecule is CCOC(CC)C(N)Cc1nc(-c2ccccc2)cs1. The van der Waals surface area contributed by atoms with Gasteiger partial charge in [-0.1, -0.05) is 37.3 Å². The Morgan fingerprint density at radius 2 is 2.00 bits per heavy atom. The molecule has 0 saturated heterocycles. The van der Waals surface area contributed by atoms with Crippen LogP contribution in [-0.4, -0.2) is 23.7 Å². The Balaban J connectivity index is 2.02. The zero-order valence-electron chi connectivity index (χ0n) is 12.1. The van der Waals surface area contributed by atoms with Crippen LogP contribution in [0.25, 0.3) is 11.3 Å². The Morgan fingerprint density at radius 1 is 1.25 bits per heavy atom. The number of nitrogens with zero attached hydrogens (tertiary/aromatic N) is 1. The van der Waals surface area contributed by atoms with Gasteiger partial charge in [-0.2, -0.15) is 0 Å². The van der Waals surface area contributed by atoms with Crippen LogP contribution in [-0.2, 0) is 11.2 Å². The third-order valence-corrected chi connectivity index (χ3v) is 4.16. The van der Waals surface area contributed by atoms with E-state index in [1.165, 1.54) is 0 Å². The van der Waals surface area contributed by atoms with Gasteiger partial charge in [-0.05, 0) is 13.3 Å². The maximum atomic E-state index is 6.24. The van der Waals surface area contributed by atoms with Gasteiger partial charge >= 0.3 is 0 Å². The van der Waals surface area contributed by atoms with Gasteiger partial charge in [-0.25, -0.2) is 4.98 Å². The zero-order valence-corrected chi connectivity index (χ0v) is 12.9. The Hall–Kier alpha value is -1.23. The minimum absolute atomic E-state index is 0.00900. The first-order chi connectivity index (χ1) is 9.74. The van der Waals surface area contributed by atoms with Crippen molar-refractivity contribution in [2.45, 2.75) is 38.8 Å². The quantitative estimate of drug-likeness (QED) is 0.849. The molecular formula is C16H22N2OS. The van der Waals surface area contributed by atoms with E-state index in [0.29, 0.717) is 6.61 Å².